The second kappa shape index (κ2) is 6.65. The number of carbonyl (C=O) groups is 2. The molecule has 1 heterocycles. The maximum absolute atomic E-state index is 13.5. The lowest BCUT2D eigenvalue weighted by Gasteiger charge is -2.17. The minimum atomic E-state index is -0.384. The minimum Gasteiger partial charge on any atom is -0.354 e. The molecule has 1 fully saturated rings. The Morgan fingerprint density at radius 1 is 1.40 bits per heavy atom. The largest absolute Gasteiger partial charge is 0.354 e. The second-order valence-corrected chi connectivity index (χ2v) is 5.34. The van der Waals surface area contributed by atoms with E-state index in [-0.39, 0.29) is 17.6 Å². The van der Waals surface area contributed by atoms with Crippen molar-refractivity contribution in [2.24, 2.45) is 0 Å². The van der Waals surface area contributed by atoms with Gasteiger partial charge >= 0.3 is 0 Å². The van der Waals surface area contributed by atoms with Gasteiger partial charge in [-0.15, -0.1) is 0 Å². The Balaban J connectivity index is 2.04. The molecule has 0 atom stereocenters. The molecular weight excluding hydrogens is 327 g/mol. The Hall–Kier alpha value is -1.69. The zero-order valence-electron chi connectivity index (χ0n) is 10.7. The molecule has 0 aromatic heterocycles. The number of nitrogens with one attached hydrogen (secondary N) is 1. The second-order valence-electron chi connectivity index (χ2n) is 4.42. The number of nitrogens with zero attached hydrogens (tertiary/aromatic N) is 1. The third-order valence-corrected chi connectivity index (χ3v) is 3.48. The number of benzene rings is 1. The first-order valence-electron chi connectivity index (χ1n) is 6.25. The van der Waals surface area contributed by atoms with Crippen molar-refractivity contribution in [1.82, 2.24) is 10.2 Å². The lowest BCUT2D eigenvalue weighted by atomic mass is 10.2. The van der Waals surface area contributed by atoms with Crippen LogP contribution in [-0.4, -0.2) is 36.3 Å². The summed E-state index contributed by atoms with van der Waals surface area (Å²) in [6.45, 7) is 1.30. The molecule has 4 nitrogen and oxygen atoms in total. The van der Waals surface area contributed by atoms with Crippen LogP contribution in [-0.2, 0) is 9.59 Å². The van der Waals surface area contributed by atoms with Crippen LogP contribution < -0.4 is 5.32 Å². The molecule has 2 rings (SSSR count). The summed E-state index contributed by atoms with van der Waals surface area (Å²) < 4.78 is 14.3. The molecule has 0 aliphatic carbocycles. The highest BCUT2D eigenvalue weighted by Crippen LogP contribution is 2.16. The van der Waals surface area contributed by atoms with E-state index >= 15 is 0 Å². The maximum Gasteiger partial charge on any atom is 0.246 e. The van der Waals surface area contributed by atoms with Gasteiger partial charge in [-0.25, -0.2) is 4.39 Å². The molecule has 1 saturated heterocycles. The Bertz CT molecular complexity index is 560. The summed E-state index contributed by atoms with van der Waals surface area (Å²) in [4.78, 5) is 24.8. The fraction of sp³-hybridized carbons (Fsp3) is 0.286. The summed E-state index contributed by atoms with van der Waals surface area (Å²) in [5.41, 5.74) is 0.344. The predicted molar refractivity (Wildman–Crippen MR) is 77.3 cm³/mol. The number of rotatable bonds is 2. The average molecular weight is 341 g/mol. The van der Waals surface area contributed by atoms with Gasteiger partial charge in [0.25, 0.3) is 0 Å². The van der Waals surface area contributed by atoms with Crippen molar-refractivity contribution in [2.75, 3.05) is 19.6 Å². The van der Waals surface area contributed by atoms with Crippen LogP contribution in [0.3, 0.4) is 0 Å². The fourth-order valence-corrected chi connectivity index (χ4v) is 2.27. The smallest absolute Gasteiger partial charge is 0.246 e. The average Bonchev–Trinajstić information content (AvgIpc) is 2.64. The zero-order valence-corrected chi connectivity index (χ0v) is 12.3. The third kappa shape index (κ3) is 3.90. The van der Waals surface area contributed by atoms with Crippen LogP contribution in [0.5, 0.6) is 0 Å². The van der Waals surface area contributed by atoms with Crippen molar-refractivity contribution < 1.29 is 14.0 Å². The highest BCUT2D eigenvalue weighted by atomic mass is 79.9. The van der Waals surface area contributed by atoms with Crippen molar-refractivity contribution in [2.45, 2.75) is 6.42 Å². The molecule has 0 radical (unpaired) electrons. The Labute approximate surface area is 124 Å². The van der Waals surface area contributed by atoms with Crippen molar-refractivity contribution in [3.05, 3.63) is 40.1 Å². The normalized spacial score (nSPS) is 16.1. The van der Waals surface area contributed by atoms with Gasteiger partial charge < -0.3 is 10.2 Å². The molecule has 20 heavy (non-hydrogen) atoms. The van der Waals surface area contributed by atoms with Gasteiger partial charge in [-0.1, -0.05) is 15.9 Å². The topological polar surface area (TPSA) is 49.4 Å². The van der Waals surface area contributed by atoms with Gasteiger partial charge in [0.2, 0.25) is 11.8 Å². The summed E-state index contributed by atoms with van der Waals surface area (Å²) >= 11 is 3.26. The number of amides is 2. The molecule has 2 amide bonds. The number of hydrogen-bond acceptors (Lipinski definition) is 2. The van der Waals surface area contributed by atoms with Gasteiger partial charge in [-0.05, 0) is 24.3 Å². The molecule has 1 aliphatic rings. The SMILES string of the molecule is O=C1CCN(C(=O)C=Cc2cc(Br)ccc2F)CCN1. The molecule has 1 aliphatic heterocycles. The van der Waals surface area contributed by atoms with Gasteiger partial charge in [-0.3, -0.25) is 9.59 Å². The summed E-state index contributed by atoms with van der Waals surface area (Å²) in [5.74, 6) is -0.659. The van der Waals surface area contributed by atoms with E-state index in [0.717, 1.165) is 4.47 Å². The van der Waals surface area contributed by atoms with Gasteiger partial charge in [0.05, 0.1) is 0 Å². The molecule has 1 aromatic carbocycles. The first-order valence-corrected chi connectivity index (χ1v) is 7.04. The molecule has 0 saturated carbocycles. The third-order valence-electron chi connectivity index (χ3n) is 2.99. The van der Waals surface area contributed by atoms with E-state index in [1.165, 1.54) is 18.2 Å². The highest BCUT2D eigenvalue weighted by molar-refractivity contribution is 9.10. The van der Waals surface area contributed by atoms with Crippen LogP contribution in [0.15, 0.2) is 28.7 Å². The van der Waals surface area contributed by atoms with Gasteiger partial charge in [-0.2, -0.15) is 0 Å². The molecule has 0 spiro atoms. The minimum absolute atomic E-state index is 0.0534. The molecular formula is C14H14BrFN2O2. The van der Waals surface area contributed by atoms with Crippen LogP contribution in [0.4, 0.5) is 4.39 Å². The summed E-state index contributed by atoms with van der Waals surface area (Å²) in [5, 5.41) is 2.70. The standard InChI is InChI=1S/C14H14BrFN2O2/c15-11-2-3-12(16)10(9-11)1-4-14(20)18-7-5-13(19)17-6-8-18/h1-4,9H,5-8H2,(H,17,19). The summed E-state index contributed by atoms with van der Waals surface area (Å²) in [6.07, 6.45) is 3.08. The van der Waals surface area contributed by atoms with Crippen LogP contribution in [0, 0.1) is 5.82 Å². The van der Waals surface area contributed by atoms with E-state index in [0.29, 0.717) is 31.6 Å². The Kier molecular flexibility index (Phi) is 4.89. The van der Waals surface area contributed by atoms with Gasteiger partial charge in [0.1, 0.15) is 5.82 Å². The first kappa shape index (κ1) is 14.7. The van der Waals surface area contributed by atoms with E-state index in [2.05, 4.69) is 21.2 Å². The summed E-state index contributed by atoms with van der Waals surface area (Å²) in [7, 11) is 0. The van der Waals surface area contributed by atoms with E-state index in [9.17, 15) is 14.0 Å². The van der Waals surface area contributed by atoms with Gasteiger partial charge in [0.15, 0.2) is 0 Å². The Morgan fingerprint density at radius 3 is 3.00 bits per heavy atom. The fourth-order valence-electron chi connectivity index (χ4n) is 1.90. The van der Waals surface area contributed by atoms with Crippen molar-refractivity contribution >= 4 is 33.8 Å². The molecule has 0 unspecified atom stereocenters. The summed E-state index contributed by atoms with van der Waals surface area (Å²) in [6, 6.07) is 4.54. The monoisotopic (exact) mass is 340 g/mol. The highest BCUT2D eigenvalue weighted by Gasteiger charge is 2.16. The van der Waals surface area contributed by atoms with E-state index in [4.69, 9.17) is 0 Å². The maximum atomic E-state index is 13.5. The molecule has 106 valence electrons. The van der Waals surface area contributed by atoms with E-state index in [1.807, 2.05) is 0 Å². The van der Waals surface area contributed by atoms with Crippen molar-refractivity contribution in [1.29, 1.82) is 0 Å². The number of carbonyl (C=O) groups excluding carboxylic acids is 2. The molecule has 0 bridgehead atoms. The molecule has 6 heteroatoms. The van der Waals surface area contributed by atoms with Crippen LogP contribution in [0.2, 0.25) is 0 Å². The first-order chi connectivity index (χ1) is 9.56. The van der Waals surface area contributed by atoms with Crippen LogP contribution >= 0.6 is 15.9 Å². The van der Waals surface area contributed by atoms with Crippen molar-refractivity contribution in [3.8, 4) is 0 Å². The number of halogens is 2. The lowest BCUT2D eigenvalue weighted by molar-refractivity contribution is -0.125. The van der Waals surface area contributed by atoms with E-state index < -0.39 is 0 Å². The Morgan fingerprint density at radius 2 is 2.20 bits per heavy atom. The zero-order chi connectivity index (χ0) is 14.5. The quantitative estimate of drug-likeness (QED) is 0.836. The van der Waals surface area contributed by atoms with E-state index in [1.54, 1.807) is 17.0 Å². The molecule has 1 aromatic rings. The number of hydrogen-bond donors (Lipinski definition) is 1. The predicted octanol–water partition coefficient (Wildman–Crippen LogP) is 1.95. The van der Waals surface area contributed by atoms with Gasteiger partial charge in [0, 0.05) is 42.2 Å². The molecule has 1 N–H and O–H groups in total. The van der Waals surface area contributed by atoms with Crippen LogP contribution in [0.25, 0.3) is 6.08 Å². The van der Waals surface area contributed by atoms with Crippen LogP contribution in [0.1, 0.15) is 12.0 Å². The van der Waals surface area contributed by atoms with Crippen molar-refractivity contribution in [3.63, 3.8) is 0 Å². The lowest BCUT2D eigenvalue weighted by Crippen LogP contribution is -2.32.